The number of nitrogens with one attached hydrogen (secondary N) is 1. The summed E-state index contributed by atoms with van der Waals surface area (Å²) in [5.74, 6) is -0.768. The Morgan fingerprint density at radius 2 is 1.91 bits per heavy atom. The van der Waals surface area contributed by atoms with Crippen LogP contribution in [0.3, 0.4) is 0 Å². The van der Waals surface area contributed by atoms with Crippen LogP contribution in [0, 0.1) is 11.3 Å². The number of quaternary nitrogens is 1. The number of allylic oxidation sites excluding steroid dienone is 1. The zero-order valence-electron chi connectivity index (χ0n) is 25.3. The molecule has 2 heterocycles. The van der Waals surface area contributed by atoms with E-state index in [1.54, 1.807) is 32.2 Å². The SMILES string of the molecule is COCCC[N+](C)(C)Cc1cc(C#N)ccc1C1C(C(=O)OC)=C(C)N(c2cccc(C(F)(F)F)c2)c2n[nH]c(=O)n21.O=C[O-]. The summed E-state index contributed by atoms with van der Waals surface area (Å²) in [6.07, 6.45) is -3.84. The summed E-state index contributed by atoms with van der Waals surface area (Å²) >= 11 is 0. The van der Waals surface area contributed by atoms with Crippen molar-refractivity contribution in [2.45, 2.75) is 32.1 Å². The first-order chi connectivity index (χ1) is 21.2. The summed E-state index contributed by atoms with van der Waals surface area (Å²) in [6, 6.07) is 10.6. The van der Waals surface area contributed by atoms with Gasteiger partial charge in [0, 0.05) is 37.0 Å². The molecule has 1 aromatic heterocycles. The van der Waals surface area contributed by atoms with Crippen molar-refractivity contribution in [3.63, 3.8) is 0 Å². The van der Waals surface area contributed by atoms with Gasteiger partial charge in [0.1, 0.15) is 12.6 Å². The summed E-state index contributed by atoms with van der Waals surface area (Å²) in [7, 11) is 6.86. The molecule has 45 heavy (non-hydrogen) atoms. The molecule has 0 saturated carbocycles. The van der Waals surface area contributed by atoms with E-state index in [1.807, 2.05) is 14.1 Å². The molecule has 1 atom stereocenters. The average Bonchev–Trinajstić information content (AvgIpc) is 3.36. The van der Waals surface area contributed by atoms with Gasteiger partial charge in [-0.15, -0.1) is 5.10 Å². The van der Waals surface area contributed by atoms with Crippen LogP contribution < -0.4 is 15.7 Å². The Kier molecular flexibility index (Phi) is 10.9. The van der Waals surface area contributed by atoms with E-state index < -0.39 is 35.9 Å². The molecule has 0 bridgehead atoms. The lowest BCUT2D eigenvalue weighted by atomic mass is 9.89. The number of aromatic nitrogens is 3. The summed E-state index contributed by atoms with van der Waals surface area (Å²) in [6.45, 7) is 2.82. The van der Waals surface area contributed by atoms with Crippen molar-refractivity contribution in [1.29, 1.82) is 5.26 Å². The molecule has 2 aromatic carbocycles. The van der Waals surface area contributed by atoms with Crippen LogP contribution in [0.2, 0.25) is 0 Å². The maximum absolute atomic E-state index is 13.6. The maximum atomic E-state index is 13.6. The Bertz CT molecular complexity index is 1670. The van der Waals surface area contributed by atoms with E-state index in [2.05, 4.69) is 16.3 Å². The Morgan fingerprint density at radius 1 is 1.22 bits per heavy atom. The topological polar surface area (TPSA) is 153 Å². The molecule has 1 aliphatic rings. The quantitative estimate of drug-likeness (QED) is 0.163. The van der Waals surface area contributed by atoms with Crippen LogP contribution in [-0.2, 0) is 31.8 Å². The van der Waals surface area contributed by atoms with Gasteiger partial charge in [0.05, 0.1) is 57.1 Å². The number of carboxylic acid groups (broad SMARTS) is 1. The smallest absolute Gasteiger partial charge is 0.416 e. The number of carbonyl (C=O) groups is 2. The summed E-state index contributed by atoms with van der Waals surface area (Å²) in [5, 5.41) is 24.4. The Balaban J connectivity index is 0.00000177. The van der Waals surface area contributed by atoms with Crippen LogP contribution in [0.1, 0.15) is 41.6 Å². The van der Waals surface area contributed by atoms with Crippen molar-refractivity contribution in [1.82, 2.24) is 14.8 Å². The molecule has 15 heteroatoms. The van der Waals surface area contributed by atoms with Gasteiger partial charge in [0.25, 0.3) is 0 Å². The first-order valence-corrected chi connectivity index (χ1v) is 13.6. The van der Waals surface area contributed by atoms with Crippen molar-refractivity contribution < 1.29 is 41.8 Å². The number of halogens is 3. The molecule has 0 radical (unpaired) electrons. The molecule has 0 fully saturated rings. The van der Waals surface area contributed by atoms with E-state index in [1.165, 1.54) is 28.7 Å². The van der Waals surface area contributed by atoms with Crippen LogP contribution in [0.25, 0.3) is 0 Å². The van der Waals surface area contributed by atoms with Gasteiger partial charge in [-0.1, -0.05) is 12.1 Å². The molecule has 0 spiro atoms. The lowest BCUT2D eigenvalue weighted by molar-refractivity contribution is -0.903. The molecular weight excluding hydrogens is 597 g/mol. The number of H-pyrrole nitrogens is 1. The molecular formula is C30H33F3N6O6. The van der Waals surface area contributed by atoms with Gasteiger partial charge in [-0.25, -0.2) is 19.3 Å². The minimum Gasteiger partial charge on any atom is -0.554 e. The average molecular weight is 631 g/mol. The molecule has 12 nitrogen and oxygen atoms in total. The highest BCUT2D eigenvalue weighted by Gasteiger charge is 2.41. The van der Waals surface area contributed by atoms with Crippen LogP contribution >= 0.6 is 0 Å². The molecule has 1 aliphatic heterocycles. The van der Waals surface area contributed by atoms with Crippen molar-refractivity contribution in [3.05, 3.63) is 86.5 Å². The van der Waals surface area contributed by atoms with E-state index >= 15 is 0 Å². The monoisotopic (exact) mass is 630 g/mol. The van der Waals surface area contributed by atoms with Crippen LogP contribution in [0.5, 0.6) is 0 Å². The summed E-state index contributed by atoms with van der Waals surface area (Å²) < 4.78 is 52.9. The first kappa shape index (κ1) is 34.5. The highest BCUT2D eigenvalue weighted by atomic mass is 19.4. The van der Waals surface area contributed by atoms with Crippen LogP contribution in [-0.4, -0.2) is 73.2 Å². The second-order valence-corrected chi connectivity index (χ2v) is 10.8. The number of carbonyl (C=O) groups excluding carboxylic acids is 2. The van der Waals surface area contributed by atoms with E-state index in [4.69, 9.17) is 19.4 Å². The van der Waals surface area contributed by atoms with Gasteiger partial charge < -0.3 is 23.9 Å². The van der Waals surface area contributed by atoms with Gasteiger partial charge in [0.2, 0.25) is 5.95 Å². The zero-order chi connectivity index (χ0) is 33.5. The largest absolute Gasteiger partial charge is 0.554 e. The standard InChI is InChI=1S/C29H31F3N6O4.CH2O2/c1-18-24(26(39)42-5)25(23-11-10-19(16-33)14-20(23)17-38(2,3)12-7-13-41-4)37-27(34-35-28(37)40)36(18)22-9-6-8-21(15-22)29(30,31)32;2-1-3/h6,8-11,14-15,25H,7,12-13,17H2,1-5H3;1H,(H,2,3). The number of benzene rings is 2. The Hall–Kier alpha value is -4.94. The normalized spacial score (nSPS) is 14.6. The van der Waals surface area contributed by atoms with Crippen LogP contribution in [0.4, 0.5) is 24.8 Å². The minimum atomic E-state index is -4.62. The Morgan fingerprint density at radius 3 is 2.51 bits per heavy atom. The lowest BCUT2D eigenvalue weighted by Crippen LogP contribution is -2.41. The Labute approximate surface area is 257 Å². The van der Waals surface area contributed by atoms with Gasteiger partial charge in [-0.3, -0.25) is 4.90 Å². The number of nitrogens with zero attached hydrogens (tertiary/aromatic N) is 5. The molecule has 0 saturated heterocycles. The van der Waals surface area contributed by atoms with Gasteiger partial charge in [-0.05, 0) is 42.8 Å². The van der Waals surface area contributed by atoms with Gasteiger partial charge in [-0.2, -0.15) is 18.4 Å². The van der Waals surface area contributed by atoms with Crippen molar-refractivity contribution in [2.24, 2.45) is 0 Å². The van der Waals surface area contributed by atoms with Gasteiger partial charge >= 0.3 is 17.8 Å². The second kappa shape index (κ2) is 14.2. The molecule has 3 aromatic rings. The third kappa shape index (κ3) is 7.59. The van der Waals surface area contributed by atoms with Crippen LogP contribution in [0.15, 0.2) is 58.5 Å². The highest BCUT2D eigenvalue weighted by molar-refractivity contribution is 5.93. The van der Waals surface area contributed by atoms with Crippen molar-refractivity contribution >= 4 is 24.1 Å². The number of esters is 1. The zero-order valence-corrected chi connectivity index (χ0v) is 25.3. The highest BCUT2D eigenvalue weighted by Crippen LogP contribution is 2.43. The third-order valence-electron chi connectivity index (χ3n) is 7.26. The summed E-state index contributed by atoms with van der Waals surface area (Å²) in [5.41, 5.74) is 0.420. The number of aromatic amines is 1. The van der Waals surface area contributed by atoms with E-state index in [0.29, 0.717) is 34.3 Å². The predicted molar refractivity (Wildman–Crippen MR) is 154 cm³/mol. The summed E-state index contributed by atoms with van der Waals surface area (Å²) in [4.78, 5) is 36.3. The molecule has 1 unspecified atom stereocenters. The molecule has 240 valence electrons. The van der Waals surface area contributed by atoms with Crippen molar-refractivity contribution in [3.8, 4) is 6.07 Å². The predicted octanol–water partition coefficient (Wildman–Crippen LogP) is 2.63. The van der Waals surface area contributed by atoms with Gasteiger partial charge in [0.15, 0.2) is 0 Å². The third-order valence-corrected chi connectivity index (χ3v) is 7.26. The number of methoxy groups -OCH3 is 2. The molecule has 4 rings (SSSR count). The fraction of sp³-hybridized carbons (Fsp3) is 0.367. The number of ether oxygens (including phenoxy) is 2. The van der Waals surface area contributed by atoms with Crippen molar-refractivity contribution in [2.75, 3.05) is 46.4 Å². The maximum Gasteiger partial charge on any atom is 0.416 e. The number of rotatable bonds is 9. The number of hydrogen-bond acceptors (Lipinski definition) is 9. The van der Waals surface area contributed by atoms with E-state index in [0.717, 1.165) is 25.1 Å². The molecule has 1 N–H and O–H groups in total. The van der Waals surface area contributed by atoms with E-state index in [-0.39, 0.29) is 22.9 Å². The molecule has 0 amide bonds. The minimum absolute atomic E-state index is 0.00127. The number of fused-ring (bicyclic) bond motifs is 1. The molecule has 0 aliphatic carbocycles. The first-order valence-electron chi connectivity index (χ1n) is 13.6. The second-order valence-electron chi connectivity index (χ2n) is 10.8. The fourth-order valence-corrected chi connectivity index (χ4v) is 5.33. The number of hydrogen-bond donors (Lipinski definition) is 1. The number of anilines is 2. The van der Waals surface area contributed by atoms with E-state index in [9.17, 15) is 28.0 Å². The lowest BCUT2D eigenvalue weighted by Gasteiger charge is -2.37. The number of alkyl halides is 3. The fourth-order valence-electron chi connectivity index (χ4n) is 5.33. The number of nitriles is 1.